The molecule has 3 nitrogen and oxygen atoms in total. The molecule has 0 heterocycles. The van der Waals surface area contributed by atoms with E-state index in [4.69, 9.17) is 32.7 Å². The van der Waals surface area contributed by atoms with Gasteiger partial charge in [-0.3, -0.25) is 0 Å². The average molecular weight is 434 g/mol. The van der Waals surface area contributed by atoms with E-state index in [0.717, 1.165) is 23.6 Å². The molecule has 1 N–H and O–H groups in total. The molecule has 0 aliphatic carbocycles. The number of hydrogen-bond donors (Lipinski definition) is 1. The Labute approximate surface area is 180 Å². The molecule has 29 heavy (non-hydrogen) atoms. The SMILES string of the molecule is COc1cccc(CNCCc2ccc(Cl)cc2)c1OCc1ccc(F)cc1Cl. The molecule has 0 aliphatic rings. The summed E-state index contributed by atoms with van der Waals surface area (Å²) in [5.41, 5.74) is 2.90. The predicted molar refractivity (Wildman–Crippen MR) is 116 cm³/mol. The molecule has 3 aromatic rings. The fourth-order valence-corrected chi connectivity index (χ4v) is 3.27. The van der Waals surface area contributed by atoms with Gasteiger partial charge in [-0.05, 0) is 48.9 Å². The zero-order valence-corrected chi connectivity index (χ0v) is 17.6. The van der Waals surface area contributed by atoms with Crippen molar-refractivity contribution in [2.45, 2.75) is 19.6 Å². The van der Waals surface area contributed by atoms with Crippen molar-refractivity contribution in [1.29, 1.82) is 0 Å². The molecule has 3 aromatic carbocycles. The number of hydrogen-bond acceptors (Lipinski definition) is 3. The van der Waals surface area contributed by atoms with Crippen LogP contribution >= 0.6 is 23.2 Å². The molecule has 152 valence electrons. The molecule has 0 unspecified atom stereocenters. The zero-order valence-electron chi connectivity index (χ0n) is 16.1. The van der Waals surface area contributed by atoms with Crippen molar-refractivity contribution in [3.8, 4) is 11.5 Å². The summed E-state index contributed by atoms with van der Waals surface area (Å²) in [7, 11) is 1.60. The zero-order chi connectivity index (χ0) is 20.6. The van der Waals surface area contributed by atoms with Crippen LogP contribution in [0.1, 0.15) is 16.7 Å². The molecule has 0 saturated carbocycles. The third-order valence-corrected chi connectivity index (χ3v) is 5.09. The first-order valence-corrected chi connectivity index (χ1v) is 10.00. The molecule has 0 aromatic heterocycles. The van der Waals surface area contributed by atoms with Crippen molar-refractivity contribution in [2.75, 3.05) is 13.7 Å². The van der Waals surface area contributed by atoms with Gasteiger partial charge in [0.1, 0.15) is 12.4 Å². The molecule has 0 radical (unpaired) electrons. The number of rotatable bonds is 9. The van der Waals surface area contributed by atoms with Gasteiger partial charge in [-0.15, -0.1) is 0 Å². The topological polar surface area (TPSA) is 30.5 Å². The molecule has 0 amide bonds. The second kappa shape index (κ2) is 10.5. The van der Waals surface area contributed by atoms with Crippen molar-refractivity contribution in [1.82, 2.24) is 5.32 Å². The van der Waals surface area contributed by atoms with E-state index in [1.807, 2.05) is 42.5 Å². The highest BCUT2D eigenvalue weighted by atomic mass is 35.5. The summed E-state index contributed by atoms with van der Waals surface area (Å²) in [4.78, 5) is 0. The summed E-state index contributed by atoms with van der Waals surface area (Å²) in [6, 6.07) is 17.9. The molecular formula is C23H22Cl2FNO2. The lowest BCUT2D eigenvalue weighted by Gasteiger charge is -2.16. The van der Waals surface area contributed by atoms with Crippen LogP contribution < -0.4 is 14.8 Å². The quantitative estimate of drug-likeness (QED) is 0.416. The Morgan fingerprint density at radius 1 is 0.966 bits per heavy atom. The molecule has 0 saturated heterocycles. The van der Waals surface area contributed by atoms with E-state index in [-0.39, 0.29) is 12.4 Å². The minimum Gasteiger partial charge on any atom is -0.493 e. The standard InChI is InChI=1S/C23H22Cl2FNO2/c1-28-22-4-2-3-17(14-27-12-11-16-5-8-19(24)9-6-16)23(22)29-15-18-7-10-20(26)13-21(18)25/h2-10,13,27H,11-12,14-15H2,1H3. The van der Waals surface area contributed by atoms with Gasteiger partial charge < -0.3 is 14.8 Å². The molecule has 0 atom stereocenters. The average Bonchev–Trinajstić information content (AvgIpc) is 2.72. The van der Waals surface area contributed by atoms with Crippen LogP contribution in [0.3, 0.4) is 0 Å². The third-order valence-electron chi connectivity index (χ3n) is 4.49. The lowest BCUT2D eigenvalue weighted by molar-refractivity contribution is 0.280. The van der Waals surface area contributed by atoms with E-state index in [1.54, 1.807) is 13.2 Å². The maximum atomic E-state index is 13.2. The molecule has 6 heteroatoms. The van der Waals surface area contributed by atoms with Gasteiger partial charge in [0.2, 0.25) is 0 Å². The summed E-state index contributed by atoms with van der Waals surface area (Å²) >= 11 is 12.0. The molecular weight excluding hydrogens is 412 g/mol. The fourth-order valence-electron chi connectivity index (χ4n) is 2.92. The monoisotopic (exact) mass is 433 g/mol. The normalized spacial score (nSPS) is 10.8. The van der Waals surface area contributed by atoms with Crippen LogP contribution in [0.2, 0.25) is 10.0 Å². The Kier molecular flexibility index (Phi) is 7.76. The van der Waals surface area contributed by atoms with Crippen LogP contribution in [-0.2, 0) is 19.6 Å². The predicted octanol–water partition coefficient (Wildman–Crippen LogP) is 6.05. The first-order chi connectivity index (χ1) is 14.1. The van der Waals surface area contributed by atoms with Crippen LogP contribution in [0.5, 0.6) is 11.5 Å². The number of benzene rings is 3. The number of para-hydroxylation sites is 1. The van der Waals surface area contributed by atoms with Crippen molar-refractivity contribution >= 4 is 23.2 Å². The van der Waals surface area contributed by atoms with Gasteiger partial charge in [-0.2, -0.15) is 0 Å². The summed E-state index contributed by atoms with van der Waals surface area (Å²) in [6.45, 7) is 1.65. The summed E-state index contributed by atoms with van der Waals surface area (Å²) in [5.74, 6) is 0.913. The van der Waals surface area contributed by atoms with Crippen molar-refractivity contribution in [3.05, 3.63) is 93.2 Å². The second-order valence-electron chi connectivity index (χ2n) is 6.53. The van der Waals surface area contributed by atoms with Crippen LogP contribution in [0, 0.1) is 5.82 Å². The maximum absolute atomic E-state index is 13.2. The number of halogens is 3. The van der Waals surface area contributed by atoms with E-state index in [0.29, 0.717) is 28.6 Å². The second-order valence-corrected chi connectivity index (χ2v) is 7.37. The van der Waals surface area contributed by atoms with E-state index in [2.05, 4.69) is 5.32 Å². The van der Waals surface area contributed by atoms with Crippen LogP contribution in [-0.4, -0.2) is 13.7 Å². The van der Waals surface area contributed by atoms with Gasteiger partial charge in [0, 0.05) is 22.7 Å². The maximum Gasteiger partial charge on any atom is 0.166 e. The van der Waals surface area contributed by atoms with Gasteiger partial charge in [-0.25, -0.2) is 4.39 Å². The van der Waals surface area contributed by atoms with Gasteiger partial charge in [0.15, 0.2) is 11.5 Å². The van der Waals surface area contributed by atoms with Crippen LogP contribution in [0.4, 0.5) is 4.39 Å². The smallest absolute Gasteiger partial charge is 0.166 e. The molecule has 0 fully saturated rings. The fraction of sp³-hybridized carbons (Fsp3) is 0.217. The Hall–Kier alpha value is -2.27. The van der Waals surface area contributed by atoms with Gasteiger partial charge in [0.25, 0.3) is 0 Å². The summed E-state index contributed by atoms with van der Waals surface area (Å²) < 4.78 is 24.7. The van der Waals surface area contributed by atoms with Crippen molar-refractivity contribution in [3.63, 3.8) is 0 Å². The van der Waals surface area contributed by atoms with Gasteiger partial charge in [-0.1, -0.05) is 53.5 Å². The molecule has 0 aliphatic heterocycles. The number of ether oxygens (including phenoxy) is 2. The number of methoxy groups -OCH3 is 1. The minimum atomic E-state index is -0.374. The van der Waals surface area contributed by atoms with E-state index in [9.17, 15) is 4.39 Å². The van der Waals surface area contributed by atoms with Gasteiger partial charge >= 0.3 is 0 Å². The lowest BCUT2D eigenvalue weighted by Crippen LogP contribution is -2.17. The Morgan fingerprint density at radius 3 is 2.48 bits per heavy atom. The molecule has 0 bridgehead atoms. The van der Waals surface area contributed by atoms with Gasteiger partial charge in [0.05, 0.1) is 12.1 Å². The van der Waals surface area contributed by atoms with Crippen molar-refractivity contribution < 1.29 is 13.9 Å². The summed E-state index contributed by atoms with van der Waals surface area (Å²) in [6.07, 6.45) is 0.891. The number of nitrogens with one attached hydrogen (secondary N) is 1. The molecule has 0 spiro atoms. The highest BCUT2D eigenvalue weighted by molar-refractivity contribution is 6.31. The first kappa shape index (κ1) is 21.4. The highest BCUT2D eigenvalue weighted by Gasteiger charge is 2.12. The van der Waals surface area contributed by atoms with E-state index < -0.39 is 0 Å². The Morgan fingerprint density at radius 2 is 1.76 bits per heavy atom. The largest absolute Gasteiger partial charge is 0.493 e. The Balaban J connectivity index is 1.63. The third kappa shape index (κ3) is 6.10. The van der Waals surface area contributed by atoms with E-state index in [1.165, 1.54) is 17.7 Å². The summed E-state index contributed by atoms with van der Waals surface area (Å²) in [5, 5.41) is 4.50. The lowest BCUT2D eigenvalue weighted by atomic mass is 10.1. The molecule has 3 rings (SSSR count). The van der Waals surface area contributed by atoms with Crippen LogP contribution in [0.15, 0.2) is 60.7 Å². The Bertz CT molecular complexity index is 948. The van der Waals surface area contributed by atoms with Crippen LogP contribution in [0.25, 0.3) is 0 Å². The van der Waals surface area contributed by atoms with Crippen molar-refractivity contribution in [2.24, 2.45) is 0 Å². The first-order valence-electron chi connectivity index (χ1n) is 9.24. The van der Waals surface area contributed by atoms with E-state index >= 15 is 0 Å². The minimum absolute atomic E-state index is 0.220. The highest BCUT2D eigenvalue weighted by Crippen LogP contribution is 2.32.